The van der Waals surface area contributed by atoms with Crippen LogP contribution in [0.25, 0.3) is 0 Å². The maximum atomic E-state index is 13.0. The molecule has 0 aliphatic rings. The van der Waals surface area contributed by atoms with Crippen molar-refractivity contribution < 1.29 is 9.18 Å². The lowest BCUT2D eigenvalue weighted by Crippen LogP contribution is -2.32. The zero-order valence-corrected chi connectivity index (χ0v) is 14.5. The molecule has 1 amide bonds. The predicted octanol–water partition coefficient (Wildman–Crippen LogP) is 3.01. The van der Waals surface area contributed by atoms with E-state index in [-0.39, 0.29) is 23.0 Å². The smallest absolute Gasteiger partial charge is 0.251 e. The summed E-state index contributed by atoms with van der Waals surface area (Å²) in [5, 5.41) is 0.439. The molecule has 1 heterocycles. The van der Waals surface area contributed by atoms with Crippen molar-refractivity contribution in [3.63, 3.8) is 0 Å². The second-order valence-electron chi connectivity index (χ2n) is 5.19. The number of amides is 1. The van der Waals surface area contributed by atoms with Gasteiger partial charge in [-0.25, -0.2) is 9.37 Å². The van der Waals surface area contributed by atoms with E-state index in [9.17, 15) is 14.0 Å². The van der Waals surface area contributed by atoms with Crippen molar-refractivity contribution in [2.24, 2.45) is 0 Å². The van der Waals surface area contributed by atoms with E-state index < -0.39 is 0 Å². The van der Waals surface area contributed by atoms with Gasteiger partial charge in [0.05, 0.1) is 5.75 Å². The first-order valence-electron chi connectivity index (χ1n) is 7.82. The third-order valence-corrected chi connectivity index (χ3v) is 4.23. The number of hydrogen-bond donors (Lipinski definition) is 1. The lowest BCUT2D eigenvalue weighted by molar-refractivity contribution is -0.116. The van der Waals surface area contributed by atoms with Crippen molar-refractivity contribution >= 4 is 23.4 Å². The van der Waals surface area contributed by atoms with Gasteiger partial charge in [-0.15, -0.1) is 0 Å². The Morgan fingerprint density at radius 1 is 1.29 bits per heavy atom. The van der Waals surface area contributed by atoms with Gasteiger partial charge in [0.15, 0.2) is 5.16 Å². The SMILES string of the molecule is CCCc1cc(=O)[nH]c(SCC(=O)N(CC)c2ccc(F)cc2)n1. The van der Waals surface area contributed by atoms with Crippen LogP contribution >= 0.6 is 11.8 Å². The summed E-state index contributed by atoms with van der Waals surface area (Å²) in [5.41, 5.74) is 1.15. The second-order valence-corrected chi connectivity index (χ2v) is 6.16. The van der Waals surface area contributed by atoms with Crippen LogP contribution in [0.4, 0.5) is 10.1 Å². The van der Waals surface area contributed by atoms with E-state index >= 15 is 0 Å². The zero-order chi connectivity index (χ0) is 17.5. The van der Waals surface area contributed by atoms with Gasteiger partial charge in [-0.3, -0.25) is 9.59 Å². The number of aromatic nitrogens is 2. The van der Waals surface area contributed by atoms with Crippen LogP contribution in [0.1, 0.15) is 26.0 Å². The van der Waals surface area contributed by atoms with Gasteiger partial charge in [-0.2, -0.15) is 0 Å². The van der Waals surface area contributed by atoms with E-state index in [1.165, 1.54) is 30.0 Å². The average molecular weight is 349 g/mol. The lowest BCUT2D eigenvalue weighted by Gasteiger charge is -2.20. The molecule has 0 saturated carbocycles. The number of carbonyl (C=O) groups is 1. The molecule has 1 aromatic carbocycles. The molecule has 1 N–H and O–H groups in total. The van der Waals surface area contributed by atoms with Crippen LogP contribution in [-0.2, 0) is 11.2 Å². The highest BCUT2D eigenvalue weighted by atomic mass is 32.2. The van der Waals surface area contributed by atoms with Crippen LogP contribution in [0.3, 0.4) is 0 Å². The molecule has 0 aliphatic carbocycles. The van der Waals surface area contributed by atoms with Crippen molar-refractivity contribution in [1.29, 1.82) is 0 Å². The molecule has 0 atom stereocenters. The molecular weight excluding hydrogens is 329 g/mol. The number of anilines is 1. The Morgan fingerprint density at radius 2 is 2.00 bits per heavy atom. The number of carbonyl (C=O) groups excluding carboxylic acids is 1. The van der Waals surface area contributed by atoms with Crippen molar-refractivity contribution in [1.82, 2.24) is 9.97 Å². The maximum absolute atomic E-state index is 13.0. The summed E-state index contributed by atoms with van der Waals surface area (Å²) in [6.45, 7) is 4.35. The monoisotopic (exact) mass is 349 g/mol. The highest BCUT2D eigenvalue weighted by Gasteiger charge is 2.15. The molecule has 7 heteroatoms. The molecule has 2 rings (SSSR count). The quantitative estimate of drug-likeness (QED) is 0.616. The Bertz CT molecular complexity index is 746. The minimum Gasteiger partial charge on any atom is -0.312 e. The molecule has 0 saturated heterocycles. The van der Waals surface area contributed by atoms with Crippen molar-refractivity contribution in [3.8, 4) is 0 Å². The van der Waals surface area contributed by atoms with Crippen LogP contribution in [0.2, 0.25) is 0 Å². The number of aryl methyl sites for hydroxylation is 1. The number of H-pyrrole nitrogens is 1. The summed E-state index contributed by atoms with van der Waals surface area (Å²) in [6, 6.07) is 7.27. The van der Waals surface area contributed by atoms with E-state index in [4.69, 9.17) is 0 Å². The number of benzene rings is 1. The normalized spacial score (nSPS) is 10.6. The fourth-order valence-electron chi connectivity index (χ4n) is 2.27. The molecule has 0 spiro atoms. The minimum absolute atomic E-state index is 0.127. The Balaban J connectivity index is 2.06. The van der Waals surface area contributed by atoms with Crippen LogP contribution in [0.5, 0.6) is 0 Å². The Kier molecular flexibility index (Phi) is 6.54. The fraction of sp³-hybridized carbons (Fsp3) is 0.353. The number of nitrogens with zero attached hydrogens (tertiary/aromatic N) is 2. The highest BCUT2D eigenvalue weighted by Crippen LogP contribution is 2.18. The van der Waals surface area contributed by atoms with Gasteiger partial charge >= 0.3 is 0 Å². The average Bonchev–Trinajstić information content (AvgIpc) is 2.55. The van der Waals surface area contributed by atoms with Crippen LogP contribution in [0.15, 0.2) is 40.3 Å². The second kappa shape index (κ2) is 8.63. The van der Waals surface area contributed by atoms with E-state index in [0.717, 1.165) is 18.5 Å². The molecule has 5 nitrogen and oxygen atoms in total. The van der Waals surface area contributed by atoms with E-state index in [0.29, 0.717) is 17.4 Å². The van der Waals surface area contributed by atoms with Gasteiger partial charge in [0.2, 0.25) is 5.91 Å². The van der Waals surface area contributed by atoms with Crippen LogP contribution in [0, 0.1) is 5.82 Å². The number of nitrogens with one attached hydrogen (secondary N) is 1. The Hall–Kier alpha value is -2.15. The number of rotatable bonds is 7. The van der Waals surface area contributed by atoms with E-state index in [1.807, 2.05) is 13.8 Å². The van der Waals surface area contributed by atoms with Gasteiger partial charge in [0.1, 0.15) is 5.82 Å². The van der Waals surface area contributed by atoms with Gasteiger partial charge in [0.25, 0.3) is 5.56 Å². The van der Waals surface area contributed by atoms with Gasteiger partial charge in [-0.05, 0) is 37.6 Å². The maximum Gasteiger partial charge on any atom is 0.251 e. The van der Waals surface area contributed by atoms with Crippen molar-refractivity contribution in [2.45, 2.75) is 31.8 Å². The summed E-state index contributed by atoms with van der Waals surface area (Å²) in [6.07, 6.45) is 1.62. The molecule has 24 heavy (non-hydrogen) atoms. The minimum atomic E-state index is -0.342. The summed E-state index contributed by atoms with van der Waals surface area (Å²) >= 11 is 1.19. The van der Waals surface area contributed by atoms with E-state index in [2.05, 4.69) is 9.97 Å². The molecule has 0 fully saturated rings. The van der Waals surface area contributed by atoms with Crippen molar-refractivity contribution in [3.05, 3.63) is 52.2 Å². The van der Waals surface area contributed by atoms with Gasteiger partial charge in [0, 0.05) is 24.0 Å². The van der Waals surface area contributed by atoms with Crippen LogP contribution in [-0.4, -0.2) is 28.2 Å². The lowest BCUT2D eigenvalue weighted by atomic mass is 10.2. The Morgan fingerprint density at radius 3 is 2.62 bits per heavy atom. The standard InChI is InChI=1S/C17H20FN3O2S/c1-3-5-13-10-15(22)20-17(19-13)24-11-16(23)21(4-2)14-8-6-12(18)7-9-14/h6-10H,3-5,11H2,1-2H3,(H,19,20,22). The van der Waals surface area contributed by atoms with E-state index in [1.54, 1.807) is 17.0 Å². The van der Waals surface area contributed by atoms with Crippen LogP contribution < -0.4 is 10.5 Å². The summed E-state index contributed by atoms with van der Waals surface area (Å²) in [4.78, 5) is 32.6. The number of thioether (sulfide) groups is 1. The third kappa shape index (κ3) is 4.92. The molecule has 1 aromatic heterocycles. The zero-order valence-electron chi connectivity index (χ0n) is 13.7. The summed E-state index contributed by atoms with van der Waals surface area (Å²) in [5.74, 6) is -0.326. The largest absolute Gasteiger partial charge is 0.312 e. The number of aromatic amines is 1. The van der Waals surface area contributed by atoms with Gasteiger partial charge < -0.3 is 9.88 Å². The highest BCUT2D eigenvalue weighted by molar-refractivity contribution is 7.99. The topological polar surface area (TPSA) is 66.1 Å². The Labute approximate surface area is 144 Å². The first-order valence-corrected chi connectivity index (χ1v) is 8.81. The number of hydrogen-bond acceptors (Lipinski definition) is 4. The molecule has 2 aromatic rings. The molecule has 128 valence electrons. The summed E-state index contributed by atoms with van der Waals surface area (Å²) < 4.78 is 13.0. The summed E-state index contributed by atoms with van der Waals surface area (Å²) in [7, 11) is 0. The third-order valence-electron chi connectivity index (χ3n) is 3.37. The number of halogens is 1. The molecule has 0 aliphatic heterocycles. The molecule has 0 unspecified atom stereocenters. The fourth-order valence-corrected chi connectivity index (χ4v) is 3.04. The molecule has 0 bridgehead atoms. The van der Waals surface area contributed by atoms with Crippen molar-refractivity contribution in [2.75, 3.05) is 17.2 Å². The predicted molar refractivity (Wildman–Crippen MR) is 94.0 cm³/mol. The first-order chi connectivity index (χ1) is 11.5. The molecular formula is C17H20FN3O2S. The molecule has 0 radical (unpaired) electrons. The van der Waals surface area contributed by atoms with Gasteiger partial charge in [-0.1, -0.05) is 25.1 Å². The first kappa shape index (κ1) is 18.2.